The first kappa shape index (κ1) is 31.5. The number of aromatic carboxylic acids is 1. The molecule has 0 aliphatic carbocycles. The first-order valence-electron chi connectivity index (χ1n) is 14.3. The number of rotatable bonds is 10. The molecule has 2 atom stereocenters. The molecule has 2 aromatic carbocycles. The molecule has 0 fully saturated rings. The fraction of sp³-hybridized carbons (Fsp3) is 0.394. The predicted octanol–water partition coefficient (Wildman–Crippen LogP) is 5.26. The van der Waals surface area contributed by atoms with Crippen LogP contribution in [0.4, 0.5) is 10.6 Å². The molecule has 1 aliphatic heterocycles. The zero-order valence-corrected chi connectivity index (χ0v) is 25.0. The number of carboxylic acids is 1. The van der Waals surface area contributed by atoms with Crippen molar-refractivity contribution in [1.82, 2.24) is 4.98 Å². The summed E-state index contributed by atoms with van der Waals surface area (Å²) in [5.74, 6) is -0.180. The molecule has 0 saturated carbocycles. The Hall–Kier alpha value is -4.44. The summed E-state index contributed by atoms with van der Waals surface area (Å²) in [5, 5.41) is 9.31. The number of ether oxygens (including phenoxy) is 3. The van der Waals surface area contributed by atoms with Crippen LogP contribution >= 0.6 is 0 Å². The Labute approximate surface area is 251 Å². The number of benzene rings is 2. The molecule has 3 aromatic rings. The highest BCUT2D eigenvalue weighted by atomic mass is 16.6. The van der Waals surface area contributed by atoms with Gasteiger partial charge in [-0.2, -0.15) is 0 Å². The maximum absolute atomic E-state index is 13.5. The number of esters is 1. The minimum atomic E-state index is -1.00. The Morgan fingerprint density at radius 1 is 1.05 bits per heavy atom. The van der Waals surface area contributed by atoms with Crippen LogP contribution in [0.2, 0.25) is 0 Å². The zero-order chi connectivity index (χ0) is 31.1. The largest absolute Gasteiger partial charge is 0.494 e. The number of aromatic nitrogens is 1. The van der Waals surface area contributed by atoms with Crippen LogP contribution in [0.1, 0.15) is 72.4 Å². The zero-order valence-electron chi connectivity index (χ0n) is 25.0. The number of nitrogens with two attached hydrogens (primary N) is 1. The van der Waals surface area contributed by atoms with Gasteiger partial charge >= 0.3 is 18.0 Å². The summed E-state index contributed by atoms with van der Waals surface area (Å²) in [6, 6.07) is 17.0. The summed E-state index contributed by atoms with van der Waals surface area (Å²) in [5.41, 5.74) is 8.83. The number of aryl methyl sites for hydroxylation is 2. The van der Waals surface area contributed by atoms with Gasteiger partial charge in [-0.3, -0.25) is 9.69 Å². The van der Waals surface area contributed by atoms with Crippen molar-refractivity contribution in [3.05, 3.63) is 88.6 Å². The minimum absolute atomic E-state index is 0.185. The predicted molar refractivity (Wildman–Crippen MR) is 161 cm³/mol. The average molecular weight is 590 g/mol. The quantitative estimate of drug-likeness (QED) is 0.239. The molecular weight excluding hydrogens is 550 g/mol. The third kappa shape index (κ3) is 8.32. The molecule has 10 heteroatoms. The topological polar surface area (TPSA) is 141 Å². The van der Waals surface area contributed by atoms with Gasteiger partial charge in [0.15, 0.2) is 0 Å². The molecule has 0 radical (unpaired) electrons. The number of methoxy groups -OCH3 is 1. The monoisotopic (exact) mass is 589 g/mol. The number of carbonyl (C=O) groups excluding carboxylic acids is 2. The van der Waals surface area contributed by atoms with Gasteiger partial charge in [0.1, 0.15) is 23.2 Å². The van der Waals surface area contributed by atoms with Gasteiger partial charge in [-0.05, 0) is 99.9 Å². The molecule has 43 heavy (non-hydrogen) atoms. The molecule has 4 rings (SSSR count). The van der Waals surface area contributed by atoms with Crippen LogP contribution in [0.25, 0.3) is 0 Å². The lowest BCUT2D eigenvalue weighted by Gasteiger charge is -2.37. The summed E-state index contributed by atoms with van der Waals surface area (Å²) in [4.78, 5) is 42.9. The van der Waals surface area contributed by atoms with E-state index >= 15 is 0 Å². The van der Waals surface area contributed by atoms with Crippen molar-refractivity contribution in [1.29, 1.82) is 0 Å². The van der Waals surface area contributed by atoms with E-state index in [4.69, 9.17) is 20.2 Å². The second-order valence-corrected chi connectivity index (χ2v) is 11.5. The number of hydrogen-bond acceptors (Lipinski definition) is 8. The molecule has 0 bridgehead atoms. The summed E-state index contributed by atoms with van der Waals surface area (Å²) >= 11 is 0. The van der Waals surface area contributed by atoms with E-state index < -0.39 is 29.7 Å². The van der Waals surface area contributed by atoms with Crippen molar-refractivity contribution in [2.24, 2.45) is 5.73 Å². The molecular formula is C33H39N3O7. The van der Waals surface area contributed by atoms with Crippen LogP contribution in [-0.2, 0) is 33.5 Å². The first-order chi connectivity index (χ1) is 20.4. The SMILES string of the molecule is COC(=O)[C@@H](N)Cc1ccc(OCCCc2ccc3c(n2)N(C(=O)OC(C)(C)C)C(c2ccc(C(=O)O)cc2)CC3)cc1. The molecule has 228 valence electrons. The summed E-state index contributed by atoms with van der Waals surface area (Å²) in [6.07, 6.45) is 2.60. The van der Waals surface area contributed by atoms with Gasteiger partial charge in [0.2, 0.25) is 0 Å². The van der Waals surface area contributed by atoms with Crippen molar-refractivity contribution < 1.29 is 33.7 Å². The van der Waals surface area contributed by atoms with Crippen LogP contribution in [0.5, 0.6) is 5.75 Å². The molecule has 1 aliphatic rings. The number of hydrogen-bond donors (Lipinski definition) is 2. The van der Waals surface area contributed by atoms with Crippen molar-refractivity contribution in [2.45, 2.75) is 70.6 Å². The van der Waals surface area contributed by atoms with E-state index in [1.807, 2.05) is 57.2 Å². The third-order valence-electron chi connectivity index (χ3n) is 7.10. The Balaban J connectivity index is 1.44. The molecule has 2 heterocycles. The molecule has 1 aromatic heterocycles. The average Bonchev–Trinajstić information content (AvgIpc) is 2.98. The maximum Gasteiger partial charge on any atom is 0.416 e. The van der Waals surface area contributed by atoms with Gasteiger partial charge in [-0.25, -0.2) is 14.6 Å². The second kappa shape index (κ2) is 13.7. The number of nitrogens with zero attached hydrogens (tertiary/aromatic N) is 2. The number of fused-ring (bicyclic) bond motifs is 1. The molecule has 0 spiro atoms. The number of pyridine rings is 1. The number of carbonyl (C=O) groups is 3. The van der Waals surface area contributed by atoms with E-state index in [2.05, 4.69) is 4.74 Å². The molecule has 3 N–H and O–H groups in total. The Bertz CT molecular complexity index is 1430. The molecule has 1 amide bonds. The lowest BCUT2D eigenvalue weighted by atomic mass is 9.92. The highest BCUT2D eigenvalue weighted by Gasteiger charge is 2.36. The van der Waals surface area contributed by atoms with Crippen LogP contribution in [-0.4, -0.2) is 53.5 Å². The standard InChI is InChI=1S/C33H39N3O7/c1-33(2,3)43-32(40)36-28(22-9-11-24(12-10-22)30(37)38)18-14-23-13-15-25(35-29(23)36)6-5-19-42-26-16-7-21(8-17-26)20-27(34)31(39)41-4/h7-13,15-17,27-28H,5-6,14,18-20,34H2,1-4H3,(H,37,38)/t27-,28?/m0/s1. The number of amides is 1. The fourth-order valence-corrected chi connectivity index (χ4v) is 4.97. The van der Waals surface area contributed by atoms with Gasteiger partial charge < -0.3 is 25.1 Å². The Kier molecular flexibility index (Phi) is 10.0. The van der Waals surface area contributed by atoms with Crippen molar-refractivity contribution >= 4 is 23.8 Å². The molecule has 10 nitrogen and oxygen atoms in total. The highest BCUT2D eigenvalue weighted by molar-refractivity contribution is 5.90. The smallest absolute Gasteiger partial charge is 0.416 e. The molecule has 0 saturated heterocycles. The van der Waals surface area contributed by atoms with E-state index in [9.17, 15) is 19.5 Å². The van der Waals surface area contributed by atoms with Gasteiger partial charge in [-0.15, -0.1) is 0 Å². The van der Waals surface area contributed by atoms with Crippen LogP contribution in [0.15, 0.2) is 60.7 Å². The number of carboxylic acid groups (broad SMARTS) is 1. The van der Waals surface area contributed by atoms with Crippen LogP contribution in [0, 0.1) is 0 Å². The summed E-state index contributed by atoms with van der Waals surface area (Å²) < 4.78 is 16.4. The highest BCUT2D eigenvalue weighted by Crippen LogP contribution is 2.39. The van der Waals surface area contributed by atoms with Gasteiger partial charge in [0.25, 0.3) is 0 Å². The van der Waals surface area contributed by atoms with E-state index in [1.54, 1.807) is 29.2 Å². The van der Waals surface area contributed by atoms with E-state index in [1.165, 1.54) is 7.11 Å². The van der Waals surface area contributed by atoms with E-state index in [-0.39, 0.29) is 11.6 Å². The van der Waals surface area contributed by atoms with Gasteiger partial charge in [0.05, 0.1) is 25.3 Å². The molecule has 1 unspecified atom stereocenters. The Morgan fingerprint density at radius 3 is 2.37 bits per heavy atom. The van der Waals surface area contributed by atoms with Crippen LogP contribution in [0.3, 0.4) is 0 Å². The first-order valence-corrected chi connectivity index (χ1v) is 14.3. The maximum atomic E-state index is 13.5. The summed E-state index contributed by atoms with van der Waals surface area (Å²) in [7, 11) is 1.32. The normalized spacial score (nSPS) is 15.3. The van der Waals surface area contributed by atoms with Crippen molar-refractivity contribution in [3.63, 3.8) is 0 Å². The van der Waals surface area contributed by atoms with Crippen LogP contribution < -0.4 is 15.4 Å². The lowest BCUT2D eigenvalue weighted by Crippen LogP contribution is -2.42. The lowest BCUT2D eigenvalue weighted by molar-refractivity contribution is -0.142. The third-order valence-corrected chi connectivity index (χ3v) is 7.10. The summed E-state index contributed by atoms with van der Waals surface area (Å²) in [6.45, 7) is 5.93. The minimum Gasteiger partial charge on any atom is -0.494 e. The number of anilines is 1. The van der Waals surface area contributed by atoms with Gasteiger partial charge in [-0.1, -0.05) is 30.3 Å². The van der Waals surface area contributed by atoms with E-state index in [0.29, 0.717) is 43.9 Å². The van der Waals surface area contributed by atoms with E-state index in [0.717, 1.165) is 28.8 Å². The fourth-order valence-electron chi connectivity index (χ4n) is 4.97. The van der Waals surface area contributed by atoms with Gasteiger partial charge in [0, 0.05) is 5.69 Å². The van der Waals surface area contributed by atoms with Crippen molar-refractivity contribution in [2.75, 3.05) is 18.6 Å². The second-order valence-electron chi connectivity index (χ2n) is 11.5. The van der Waals surface area contributed by atoms with Crippen molar-refractivity contribution in [3.8, 4) is 5.75 Å². The Morgan fingerprint density at radius 2 is 1.74 bits per heavy atom.